The fraction of sp³-hybridized carbons (Fsp3) is 0.625. The molecule has 3 nitrogen and oxygen atoms in total. The van der Waals surface area contributed by atoms with E-state index in [0.717, 1.165) is 0 Å². The number of hydrogen-bond acceptors (Lipinski definition) is 3. The molecule has 0 fully saturated rings. The van der Waals surface area contributed by atoms with Gasteiger partial charge in [0.05, 0.1) is 13.0 Å². The van der Waals surface area contributed by atoms with Gasteiger partial charge in [-0.1, -0.05) is 6.07 Å². The summed E-state index contributed by atoms with van der Waals surface area (Å²) >= 11 is 0. The Kier molecular flexibility index (Phi) is 7.73. The van der Waals surface area contributed by atoms with E-state index in [2.05, 4.69) is 9.72 Å². The van der Waals surface area contributed by atoms with Gasteiger partial charge in [0.1, 0.15) is 0 Å². The second-order valence-electron chi connectivity index (χ2n) is 6.33. The van der Waals surface area contributed by atoms with Gasteiger partial charge in [0.15, 0.2) is 0 Å². The third-order valence-corrected chi connectivity index (χ3v) is 4.02. The Bertz CT molecular complexity index is 778. The van der Waals surface area contributed by atoms with Crippen LogP contribution in [0.3, 0.4) is 0 Å². The van der Waals surface area contributed by atoms with Gasteiger partial charge in [-0.3, -0.25) is 9.78 Å². The van der Waals surface area contributed by atoms with Crippen LogP contribution in [0, 0.1) is 0 Å². The van der Waals surface area contributed by atoms with Crippen molar-refractivity contribution in [2.75, 3.05) is 6.61 Å². The average Bonchev–Trinajstić information content (AvgIpc) is 2.65. The highest BCUT2D eigenvalue weighted by molar-refractivity contribution is 5.69. The van der Waals surface area contributed by atoms with Crippen LogP contribution in [-0.2, 0) is 16.0 Å². The number of halogens is 13. The van der Waals surface area contributed by atoms with Crippen LogP contribution in [0.2, 0.25) is 0 Å². The summed E-state index contributed by atoms with van der Waals surface area (Å²) in [6.07, 6.45) is -7.98. The van der Waals surface area contributed by atoms with E-state index in [0.29, 0.717) is 5.56 Å². The van der Waals surface area contributed by atoms with Crippen molar-refractivity contribution in [2.24, 2.45) is 0 Å². The van der Waals surface area contributed by atoms with E-state index in [1.54, 1.807) is 0 Å². The molecule has 0 aliphatic rings. The van der Waals surface area contributed by atoms with Gasteiger partial charge < -0.3 is 4.74 Å². The largest absolute Gasteiger partial charge is 0.465 e. The first-order valence-corrected chi connectivity index (χ1v) is 8.22. The number of pyridine rings is 1. The van der Waals surface area contributed by atoms with E-state index in [9.17, 15) is 61.9 Å². The van der Waals surface area contributed by atoms with Crippen LogP contribution >= 0.6 is 0 Å². The third-order valence-electron chi connectivity index (χ3n) is 4.02. The maximum absolute atomic E-state index is 13.5. The van der Waals surface area contributed by atoms with Crippen molar-refractivity contribution >= 4 is 5.97 Å². The second kappa shape index (κ2) is 8.92. The van der Waals surface area contributed by atoms with Gasteiger partial charge in [0.2, 0.25) is 0 Å². The Labute approximate surface area is 170 Å². The van der Waals surface area contributed by atoms with E-state index in [4.69, 9.17) is 0 Å². The number of aryl methyl sites for hydroxylation is 1. The van der Waals surface area contributed by atoms with Crippen LogP contribution in [0.15, 0.2) is 24.5 Å². The maximum atomic E-state index is 13.5. The summed E-state index contributed by atoms with van der Waals surface area (Å²) in [5.41, 5.74) is 0.453. The number of esters is 1. The van der Waals surface area contributed by atoms with Gasteiger partial charge in [0, 0.05) is 18.8 Å². The van der Waals surface area contributed by atoms with Crippen LogP contribution in [-0.4, -0.2) is 53.3 Å². The molecule has 0 N–H and O–H groups in total. The molecule has 1 rings (SSSR count). The number of nitrogens with zero attached hydrogens (tertiary/aromatic N) is 1. The standard InChI is InChI=1S/C16H12F13NO2/c17-11(18,5-7-32-10(31)4-3-9-2-1-6-30-8-9)12(19,20)13(21,22)14(23,24)15(25,26)16(27,28)29/h1-2,6,8H,3-5,7H2. The van der Waals surface area contributed by atoms with E-state index in [-0.39, 0.29) is 6.42 Å². The fourth-order valence-electron chi connectivity index (χ4n) is 2.12. The molecule has 184 valence electrons. The molecule has 1 aromatic rings. The van der Waals surface area contributed by atoms with Gasteiger partial charge in [-0.05, 0) is 18.1 Å². The van der Waals surface area contributed by atoms with Crippen LogP contribution in [0.4, 0.5) is 57.1 Å². The summed E-state index contributed by atoms with van der Waals surface area (Å²) in [5, 5.41) is 0. The second-order valence-corrected chi connectivity index (χ2v) is 6.33. The monoisotopic (exact) mass is 497 g/mol. The van der Waals surface area contributed by atoms with Crippen molar-refractivity contribution in [1.82, 2.24) is 4.98 Å². The van der Waals surface area contributed by atoms with Crippen LogP contribution < -0.4 is 0 Å². The molecule has 16 heteroatoms. The molecule has 0 atom stereocenters. The third kappa shape index (κ3) is 5.03. The maximum Gasteiger partial charge on any atom is 0.460 e. The Morgan fingerprint density at radius 2 is 1.34 bits per heavy atom. The Hall–Kier alpha value is -2.29. The van der Waals surface area contributed by atoms with Crippen LogP contribution in [0.1, 0.15) is 18.4 Å². The molecule has 0 saturated heterocycles. The molecule has 1 aromatic heterocycles. The molecule has 0 amide bonds. The van der Waals surface area contributed by atoms with Gasteiger partial charge in [-0.2, -0.15) is 57.1 Å². The number of carbonyl (C=O) groups is 1. The molecule has 32 heavy (non-hydrogen) atoms. The number of aromatic nitrogens is 1. The average molecular weight is 497 g/mol. The summed E-state index contributed by atoms with van der Waals surface area (Å²) in [6.45, 7) is -1.76. The lowest BCUT2D eigenvalue weighted by atomic mass is 9.93. The zero-order chi connectivity index (χ0) is 25.2. The molecule has 0 aliphatic carbocycles. The molecular formula is C16H12F13NO2. The molecule has 0 bridgehead atoms. The molecule has 0 spiro atoms. The Balaban J connectivity index is 2.88. The topological polar surface area (TPSA) is 39.2 Å². The highest BCUT2D eigenvalue weighted by Gasteiger charge is 2.90. The van der Waals surface area contributed by atoms with E-state index < -0.39 is 61.2 Å². The number of hydrogen-bond donors (Lipinski definition) is 0. The molecule has 0 aromatic carbocycles. The van der Waals surface area contributed by atoms with E-state index in [1.165, 1.54) is 24.5 Å². The number of ether oxygens (including phenoxy) is 1. The van der Waals surface area contributed by atoms with Crippen molar-refractivity contribution < 1.29 is 66.6 Å². The molecule has 0 radical (unpaired) electrons. The minimum absolute atomic E-state index is 0.0734. The van der Waals surface area contributed by atoms with Crippen molar-refractivity contribution in [3.63, 3.8) is 0 Å². The van der Waals surface area contributed by atoms with Crippen molar-refractivity contribution in [3.05, 3.63) is 30.1 Å². The first-order valence-electron chi connectivity index (χ1n) is 8.22. The summed E-state index contributed by atoms with van der Waals surface area (Å²) in [7, 11) is 0. The van der Waals surface area contributed by atoms with Gasteiger partial charge in [-0.25, -0.2) is 0 Å². The normalized spacial score (nSPS) is 14.4. The van der Waals surface area contributed by atoms with Crippen LogP contribution in [0.5, 0.6) is 0 Å². The molecule has 0 unspecified atom stereocenters. The number of carbonyl (C=O) groups excluding carboxylic acids is 1. The molecular weight excluding hydrogens is 485 g/mol. The first kappa shape index (κ1) is 27.7. The quantitative estimate of drug-likeness (QED) is 0.308. The minimum atomic E-state index is -7.95. The van der Waals surface area contributed by atoms with E-state index >= 15 is 0 Å². The number of alkyl halides is 13. The summed E-state index contributed by atoms with van der Waals surface area (Å²) in [5.74, 6) is -38.6. The number of rotatable bonds is 10. The lowest BCUT2D eigenvalue weighted by Crippen LogP contribution is -2.70. The predicted molar refractivity (Wildman–Crippen MR) is 78.9 cm³/mol. The summed E-state index contributed by atoms with van der Waals surface area (Å²) < 4.78 is 172. The Morgan fingerprint density at radius 3 is 1.81 bits per heavy atom. The Morgan fingerprint density at radius 1 is 0.812 bits per heavy atom. The zero-order valence-electron chi connectivity index (χ0n) is 15.3. The van der Waals surface area contributed by atoms with Crippen molar-refractivity contribution in [2.45, 2.75) is 55.1 Å². The van der Waals surface area contributed by atoms with Crippen molar-refractivity contribution in [1.29, 1.82) is 0 Å². The zero-order valence-corrected chi connectivity index (χ0v) is 15.3. The molecule has 1 heterocycles. The smallest absolute Gasteiger partial charge is 0.460 e. The fourth-order valence-corrected chi connectivity index (χ4v) is 2.12. The lowest BCUT2D eigenvalue weighted by Gasteiger charge is -2.39. The summed E-state index contributed by atoms with van der Waals surface area (Å²) in [6, 6.07) is 2.94. The molecule has 0 saturated carbocycles. The van der Waals surface area contributed by atoms with Gasteiger partial charge >= 0.3 is 41.8 Å². The molecule has 0 aliphatic heterocycles. The van der Waals surface area contributed by atoms with Crippen molar-refractivity contribution in [3.8, 4) is 0 Å². The van der Waals surface area contributed by atoms with Gasteiger partial charge in [0.25, 0.3) is 0 Å². The SMILES string of the molecule is O=C(CCc1cccnc1)OCCC(F)(F)C(F)(F)C(F)(F)C(F)(F)C(F)(F)C(F)(F)F. The lowest BCUT2D eigenvalue weighted by molar-refractivity contribution is -0.440. The van der Waals surface area contributed by atoms with E-state index in [1.807, 2.05) is 0 Å². The van der Waals surface area contributed by atoms with Crippen LogP contribution in [0.25, 0.3) is 0 Å². The summed E-state index contributed by atoms with van der Waals surface area (Å²) in [4.78, 5) is 15.1. The highest BCUT2D eigenvalue weighted by atomic mass is 19.4. The highest BCUT2D eigenvalue weighted by Crippen LogP contribution is 2.60. The first-order chi connectivity index (χ1) is 14.2. The van der Waals surface area contributed by atoms with Gasteiger partial charge in [-0.15, -0.1) is 0 Å². The minimum Gasteiger partial charge on any atom is -0.465 e. The predicted octanol–water partition coefficient (Wildman–Crippen LogP) is 5.69.